The van der Waals surface area contributed by atoms with Crippen LogP contribution in [0.2, 0.25) is 0 Å². The van der Waals surface area contributed by atoms with E-state index in [0.717, 1.165) is 6.42 Å². The minimum absolute atomic E-state index is 0.00285. The van der Waals surface area contributed by atoms with Crippen LogP contribution in [0, 0.1) is 0 Å². The summed E-state index contributed by atoms with van der Waals surface area (Å²) in [6, 6.07) is 8.70. The van der Waals surface area contributed by atoms with E-state index >= 15 is 0 Å². The van der Waals surface area contributed by atoms with Gasteiger partial charge in [0, 0.05) is 25.7 Å². The van der Waals surface area contributed by atoms with Crippen LogP contribution in [0.5, 0.6) is 0 Å². The molecule has 5 heteroatoms. The van der Waals surface area contributed by atoms with Gasteiger partial charge in [0.05, 0.1) is 13.2 Å². The van der Waals surface area contributed by atoms with Crippen LogP contribution in [0.4, 0.5) is 0 Å². The first kappa shape index (κ1) is 17.3. The molecular formula is C16H23NO4. The van der Waals surface area contributed by atoms with Crippen molar-refractivity contribution >= 4 is 11.8 Å². The van der Waals surface area contributed by atoms with Crippen molar-refractivity contribution < 1.29 is 19.1 Å². The van der Waals surface area contributed by atoms with E-state index in [0.29, 0.717) is 25.1 Å². The summed E-state index contributed by atoms with van der Waals surface area (Å²) in [5.74, 6) is -0.309. The van der Waals surface area contributed by atoms with Crippen molar-refractivity contribution in [2.75, 3.05) is 27.4 Å². The van der Waals surface area contributed by atoms with Crippen molar-refractivity contribution in [1.29, 1.82) is 0 Å². The van der Waals surface area contributed by atoms with Crippen LogP contribution in [-0.2, 0) is 14.3 Å². The first-order valence-corrected chi connectivity index (χ1v) is 7.07. The van der Waals surface area contributed by atoms with Crippen LogP contribution < -0.4 is 5.32 Å². The third kappa shape index (κ3) is 6.51. The first-order chi connectivity index (χ1) is 10.2. The number of hydrogen-bond donors (Lipinski definition) is 1. The zero-order valence-corrected chi connectivity index (χ0v) is 12.6. The molecule has 1 atom stereocenters. The van der Waals surface area contributed by atoms with Gasteiger partial charge in [-0.1, -0.05) is 30.3 Å². The topological polar surface area (TPSA) is 64.6 Å². The molecule has 1 N–H and O–H groups in total. The van der Waals surface area contributed by atoms with Gasteiger partial charge in [-0.05, 0) is 19.4 Å². The molecule has 0 saturated carbocycles. The Balaban J connectivity index is 2.61. The second-order valence-electron chi connectivity index (χ2n) is 4.70. The highest BCUT2D eigenvalue weighted by molar-refractivity contribution is 6.00. The molecule has 0 heterocycles. The lowest BCUT2D eigenvalue weighted by Gasteiger charge is -2.17. The monoisotopic (exact) mass is 293 g/mol. The summed E-state index contributed by atoms with van der Waals surface area (Å²) in [6.45, 7) is 1.30. The molecule has 0 bridgehead atoms. The number of methoxy groups -OCH3 is 2. The third-order valence-corrected chi connectivity index (χ3v) is 3.16. The van der Waals surface area contributed by atoms with Gasteiger partial charge in [0.1, 0.15) is 0 Å². The zero-order chi connectivity index (χ0) is 15.5. The van der Waals surface area contributed by atoms with Gasteiger partial charge in [-0.15, -0.1) is 0 Å². The van der Waals surface area contributed by atoms with Crippen LogP contribution in [0.1, 0.15) is 29.6 Å². The molecule has 0 aromatic heterocycles. The van der Waals surface area contributed by atoms with Crippen LogP contribution >= 0.6 is 0 Å². The van der Waals surface area contributed by atoms with E-state index in [-0.39, 0.29) is 24.2 Å². The van der Waals surface area contributed by atoms with Gasteiger partial charge in [-0.2, -0.15) is 0 Å². The maximum absolute atomic E-state index is 12.5. The predicted octanol–water partition coefficient (Wildman–Crippen LogP) is 1.82. The summed E-state index contributed by atoms with van der Waals surface area (Å²) in [5, 5.41) is 3.19. The average Bonchev–Trinajstić information content (AvgIpc) is 2.54. The molecule has 21 heavy (non-hydrogen) atoms. The van der Waals surface area contributed by atoms with Crippen LogP contribution in [-0.4, -0.2) is 45.2 Å². The van der Waals surface area contributed by atoms with Crippen molar-refractivity contribution in [2.45, 2.75) is 25.3 Å². The molecule has 0 radical (unpaired) electrons. The van der Waals surface area contributed by atoms with E-state index in [1.807, 2.05) is 18.2 Å². The number of rotatable bonds is 10. The SMILES string of the molecule is COCCCNC(CCC(=O)OC)C(=O)c1ccccc1. The molecule has 0 aliphatic carbocycles. The number of nitrogens with one attached hydrogen (secondary N) is 1. The third-order valence-electron chi connectivity index (χ3n) is 3.16. The Morgan fingerprint density at radius 1 is 1.19 bits per heavy atom. The molecule has 0 aliphatic heterocycles. The Kier molecular flexibility index (Phi) is 8.31. The van der Waals surface area contributed by atoms with Crippen molar-refractivity contribution in [3.05, 3.63) is 35.9 Å². The highest BCUT2D eigenvalue weighted by Crippen LogP contribution is 2.09. The van der Waals surface area contributed by atoms with Crippen LogP contribution in [0.25, 0.3) is 0 Å². The second-order valence-corrected chi connectivity index (χ2v) is 4.70. The minimum atomic E-state index is -0.386. The normalized spacial score (nSPS) is 11.9. The molecule has 0 fully saturated rings. The van der Waals surface area contributed by atoms with E-state index < -0.39 is 0 Å². The van der Waals surface area contributed by atoms with Crippen molar-refractivity contribution in [3.8, 4) is 0 Å². The van der Waals surface area contributed by atoms with Gasteiger partial charge in [-0.3, -0.25) is 9.59 Å². The van der Waals surface area contributed by atoms with Gasteiger partial charge in [0.15, 0.2) is 5.78 Å². The van der Waals surface area contributed by atoms with Crippen molar-refractivity contribution in [2.24, 2.45) is 0 Å². The highest BCUT2D eigenvalue weighted by Gasteiger charge is 2.20. The lowest BCUT2D eigenvalue weighted by Crippen LogP contribution is -2.38. The summed E-state index contributed by atoms with van der Waals surface area (Å²) in [6.07, 6.45) is 1.46. The largest absolute Gasteiger partial charge is 0.469 e. The summed E-state index contributed by atoms with van der Waals surface area (Å²) in [7, 11) is 2.99. The summed E-state index contributed by atoms with van der Waals surface area (Å²) in [4.78, 5) is 23.7. The van der Waals surface area contributed by atoms with E-state index in [4.69, 9.17) is 4.74 Å². The summed E-state index contributed by atoms with van der Waals surface area (Å²) in [5.41, 5.74) is 0.645. The number of carbonyl (C=O) groups is 2. The molecule has 5 nitrogen and oxygen atoms in total. The van der Waals surface area contributed by atoms with Gasteiger partial charge in [0.25, 0.3) is 0 Å². The van der Waals surface area contributed by atoms with Gasteiger partial charge < -0.3 is 14.8 Å². The Morgan fingerprint density at radius 2 is 1.90 bits per heavy atom. The standard InChI is InChI=1S/C16H23NO4/c1-20-12-6-11-17-14(9-10-15(18)21-2)16(19)13-7-4-3-5-8-13/h3-5,7-8,14,17H,6,9-12H2,1-2H3. The molecule has 1 unspecified atom stereocenters. The van der Waals surface area contributed by atoms with Crippen molar-refractivity contribution in [1.82, 2.24) is 5.32 Å². The molecule has 0 amide bonds. The van der Waals surface area contributed by atoms with Gasteiger partial charge in [0.2, 0.25) is 0 Å². The number of ether oxygens (including phenoxy) is 2. The fourth-order valence-electron chi connectivity index (χ4n) is 1.99. The Bertz CT molecular complexity index is 433. The maximum Gasteiger partial charge on any atom is 0.305 e. The van der Waals surface area contributed by atoms with Gasteiger partial charge in [-0.25, -0.2) is 0 Å². The lowest BCUT2D eigenvalue weighted by molar-refractivity contribution is -0.140. The summed E-state index contributed by atoms with van der Waals surface area (Å²) < 4.78 is 9.62. The number of ketones is 1. The van der Waals surface area contributed by atoms with Crippen LogP contribution in [0.3, 0.4) is 0 Å². The average molecular weight is 293 g/mol. The van der Waals surface area contributed by atoms with E-state index in [9.17, 15) is 9.59 Å². The molecule has 1 aromatic carbocycles. The first-order valence-electron chi connectivity index (χ1n) is 7.07. The Labute approximate surface area is 125 Å². The number of carbonyl (C=O) groups excluding carboxylic acids is 2. The van der Waals surface area contributed by atoms with Gasteiger partial charge >= 0.3 is 5.97 Å². The quantitative estimate of drug-likeness (QED) is 0.405. The Hall–Kier alpha value is -1.72. The smallest absolute Gasteiger partial charge is 0.305 e. The highest BCUT2D eigenvalue weighted by atomic mass is 16.5. The Morgan fingerprint density at radius 3 is 2.52 bits per heavy atom. The van der Waals surface area contributed by atoms with E-state index in [2.05, 4.69) is 10.1 Å². The maximum atomic E-state index is 12.5. The number of hydrogen-bond acceptors (Lipinski definition) is 5. The molecular weight excluding hydrogens is 270 g/mol. The van der Waals surface area contributed by atoms with Crippen LogP contribution in [0.15, 0.2) is 30.3 Å². The molecule has 1 rings (SSSR count). The molecule has 116 valence electrons. The molecule has 0 spiro atoms. The van der Waals surface area contributed by atoms with Crippen molar-refractivity contribution in [3.63, 3.8) is 0 Å². The number of benzene rings is 1. The minimum Gasteiger partial charge on any atom is -0.469 e. The second kappa shape index (κ2) is 10.1. The predicted molar refractivity (Wildman–Crippen MR) is 80.3 cm³/mol. The fraction of sp³-hybridized carbons (Fsp3) is 0.500. The van der Waals surface area contributed by atoms with E-state index in [1.165, 1.54) is 7.11 Å². The van der Waals surface area contributed by atoms with E-state index in [1.54, 1.807) is 19.2 Å². The number of esters is 1. The molecule has 0 aliphatic rings. The molecule has 1 aromatic rings. The summed E-state index contributed by atoms with van der Waals surface area (Å²) >= 11 is 0. The zero-order valence-electron chi connectivity index (χ0n) is 12.6. The fourth-order valence-corrected chi connectivity index (χ4v) is 1.99. The number of Topliss-reactive ketones (excluding diaryl/α,β-unsaturated/α-hetero) is 1. The lowest BCUT2D eigenvalue weighted by atomic mass is 10.00. The molecule has 0 saturated heterocycles.